The molecule has 332 valence electrons. The number of benzene rings is 2. The molecule has 0 spiro atoms. The van der Waals surface area contributed by atoms with Gasteiger partial charge >= 0.3 is 6.09 Å². The average Bonchev–Trinajstić information content (AvgIpc) is 3.81. The second kappa shape index (κ2) is 18.9. The Bertz CT molecular complexity index is 2600. The summed E-state index contributed by atoms with van der Waals surface area (Å²) in [5.74, 6) is -0.317. The normalized spacial score (nSPS) is 18.8. The summed E-state index contributed by atoms with van der Waals surface area (Å²) in [6.07, 6.45) is 10.9. The summed E-state index contributed by atoms with van der Waals surface area (Å²) in [4.78, 5) is 45.1. The van der Waals surface area contributed by atoms with E-state index in [-0.39, 0.29) is 35.6 Å². The minimum Gasteiger partial charge on any atom is -0.444 e. The number of nitrogens with two attached hydrogens (primary N) is 3. The highest BCUT2D eigenvalue weighted by Crippen LogP contribution is 2.31. The summed E-state index contributed by atoms with van der Waals surface area (Å²) in [5.41, 5.74) is 22.6. The second-order valence-electron chi connectivity index (χ2n) is 17.0. The van der Waals surface area contributed by atoms with E-state index >= 15 is 0 Å². The number of primary amides is 2. The third kappa shape index (κ3) is 10.7. The zero-order valence-corrected chi connectivity index (χ0v) is 36.2. The molecule has 0 aliphatic heterocycles. The monoisotopic (exact) mass is 860 g/mol. The van der Waals surface area contributed by atoms with Crippen LogP contribution in [0.25, 0.3) is 22.1 Å². The maximum atomic E-state index is 12.4. The Morgan fingerprint density at radius 3 is 1.59 bits per heavy atom. The van der Waals surface area contributed by atoms with Crippen molar-refractivity contribution in [2.24, 2.45) is 31.3 Å². The molecule has 2 saturated carbocycles. The molecule has 2 aliphatic rings. The van der Waals surface area contributed by atoms with Crippen LogP contribution in [0.2, 0.25) is 0 Å². The van der Waals surface area contributed by atoms with Gasteiger partial charge in [0.25, 0.3) is 11.8 Å². The summed E-state index contributed by atoms with van der Waals surface area (Å²) in [6.45, 7) is 5.50. The van der Waals surface area contributed by atoms with Gasteiger partial charge in [0.05, 0.1) is 52.5 Å². The molecule has 0 bridgehead atoms. The summed E-state index contributed by atoms with van der Waals surface area (Å²) in [5, 5.41) is 32.6. The van der Waals surface area contributed by atoms with E-state index in [1.54, 1.807) is 24.8 Å². The molecule has 0 saturated heterocycles. The second-order valence-corrected chi connectivity index (χ2v) is 17.0. The molecular weight excluding hydrogens is 805 g/mol. The van der Waals surface area contributed by atoms with E-state index in [2.05, 4.69) is 56.9 Å². The Hall–Kier alpha value is -7.09. The molecule has 2 aliphatic carbocycles. The number of ether oxygens (including phenoxy) is 1. The third-order valence-electron chi connectivity index (χ3n) is 11.1. The smallest absolute Gasteiger partial charge is 0.407 e. The van der Waals surface area contributed by atoms with E-state index < -0.39 is 23.5 Å². The number of alkyl carbamates (subject to hydrolysis) is 1. The first-order valence-electron chi connectivity index (χ1n) is 21.1. The number of aryl methyl sites for hydroxylation is 2. The number of carbonyl (C=O) groups excluding carboxylic acids is 3. The molecule has 0 unspecified atom stereocenters. The molecule has 6 aromatic rings. The van der Waals surface area contributed by atoms with Crippen molar-refractivity contribution in [3.05, 3.63) is 72.6 Å². The molecule has 8 rings (SSSR count). The Balaban J connectivity index is 0.000000193. The van der Waals surface area contributed by atoms with Crippen LogP contribution in [0.5, 0.6) is 0 Å². The number of para-hydroxylation sites is 2. The molecule has 63 heavy (non-hydrogen) atoms. The lowest BCUT2D eigenvalue weighted by Gasteiger charge is -2.33. The highest BCUT2D eigenvalue weighted by molar-refractivity contribution is 6.00. The molecule has 20 heteroatoms. The first-order valence-corrected chi connectivity index (χ1v) is 21.1. The minimum atomic E-state index is -0.693. The highest BCUT2D eigenvalue weighted by atomic mass is 16.6. The van der Waals surface area contributed by atoms with E-state index in [9.17, 15) is 14.4 Å². The van der Waals surface area contributed by atoms with Crippen molar-refractivity contribution in [1.82, 2.24) is 44.8 Å². The molecule has 20 nitrogen and oxygen atoms in total. The lowest BCUT2D eigenvalue weighted by molar-refractivity contribution is 0.0488. The van der Waals surface area contributed by atoms with Crippen LogP contribution in [0, 0.1) is 0 Å². The number of amides is 3. The predicted octanol–water partition coefficient (Wildman–Crippen LogP) is 5.34. The van der Waals surface area contributed by atoms with E-state index in [1.807, 2.05) is 80.4 Å². The van der Waals surface area contributed by atoms with Gasteiger partial charge in [0.1, 0.15) is 16.6 Å². The van der Waals surface area contributed by atoms with Gasteiger partial charge in [0.2, 0.25) is 0 Å². The number of nitrogens with zero attached hydrogens (tertiary/aromatic N) is 8. The Kier molecular flexibility index (Phi) is 13.2. The largest absolute Gasteiger partial charge is 0.444 e. The van der Waals surface area contributed by atoms with Crippen molar-refractivity contribution in [3.63, 3.8) is 0 Å². The number of aromatic nitrogens is 8. The van der Waals surface area contributed by atoms with Gasteiger partial charge in [-0.3, -0.25) is 9.59 Å². The van der Waals surface area contributed by atoms with Crippen LogP contribution in [-0.4, -0.2) is 87.2 Å². The lowest BCUT2D eigenvalue weighted by Crippen LogP contribution is -2.49. The maximum absolute atomic E-state index is 12.4. The van der Waals surface area contributed by atoms with Crippen molar-refractivity contribution in [2.75, 3.05) is 21.3 Å². The summed E-state index contributed by atoms with van der Waals surface area (Å²) in [7, 11) is 3.84. The van der Waals surface area contributed by atoms with Gasteiger partial charge < -0.3 is 57.7 Å². The molecule has 11 N–H and O–H groups in total. The van der Waals surface area contributed by atoms with Crippen LogP contribution in [-0.2, 0) is 18.8 Å². The zero-order valence-electron chi connectivity index (χ0n) is 36.2. The van der Waals surface area contributed by atoms with Gasteiger partial charge in [-0.15, -0.1) is 20.4 Å². The van der Waals surface area contributed by atoms with E-state index in [1.165, 1.54) is 0 Å². The van der Waals surface area contributed by atoms with E-state index in [4.69, 9.17) is 21.9 Å². The number of imidazole rings is 2. The van der Waals surface area contributed by atoms with Crippen molar-refractivity contribution < 1.29 is 19.1 Å². The topological polar surface area (TPSA) is 286 Å². The van der Waals surface area contributed by atoms with E-state index in [0.717, 1.165) is 79.1 Å². The molecule has 4 heterocycles. The van der Waals surface area contributed by atoms with Crippen LogP contribution in [0.15, 0.2) is 61.2 Å². The number of hydrogen-bond donors (Lipinski definition) is 8. The molecule has 2 aromatic carbocycles. The maximum Gasteiger partial charge on any atom is 0.407 e. The van der Waals surface area contributed by atoms with Crippen LogP contribution in [0.3, 0.4) is 0 Å². The average molecular weight is 861 g/mol. The van der Waals surface area contributed by atoms with Gasteiger partial charge in [-0.1, -0.05) is 37.8 Å². The van der Waals surface area contributed by atoms with Gasteiger partial charge in [-0.2, -0.15) is 0 Å². The van der Waals surface area contributed by atoms with Gasteiger partial charge in [-0.05, 0) is 70.7 Å². The molecule has 3 amide bonds. The lowest BCUT2D eigenvalue weighted by atomic mass is 9.90. The Morgan fingerprint density at radius 1 is 0.651 bits per heavy atom. The number of hydrogen-bond acceptors (Lipinski definition) is 15. The van der Waals surface area contributed by atoms with Gasteiger partial charge in [0.15, 0.2) is 23.0 Å². The third-order valence-corrected chi connectivity index (χ3v) is 11.1. The Labute approximate surface area is 364 Å². The number of rotatable bonds is 11. The molecule has 2 fully saturated rings. The predicted molar refractivity (Wildman–Crippen MR) is 242 cm³/mol. The molecular formula is C43H56N16O4. The van der Waals surface area contributed by atoms with Crippen molar-refractivity contribution >= 4 is 74.4 Å². The van der Waals surface area contributed by atoms with Crippen molar-refractivity contribution in [2.45, 2.75) is 102 Å². The number of nitrogens with one attached hydrogen (secondary N) is 5. The molecule has 4 aromatic heterocycles. The number of fused-ring (bicyclic) bond motifs is 2. The van der Waals surface area contributed by atoms with Crippen molar-refractivity contribution in [1.29, 1.82) is 0 Å². The van der Waals surface area contributed by atoms with E-state index in [0.29, 0.717) is 28.7 Å². The molecule has 0 radical (unpaired) electrons. The molecule has 4 atom stereocenters. The van der Waals surface area contributed by atoms with Crippen molar-refractivity contribution in [3.8, 4) is 0 Å². The fraction of sp³-hybridized carbons (Fsp3) is 0.419. The SMILES string of the molecule is Cn1cnc2c(Nc3cc(N[C@@H]4CCCC[C@@H]4N)nnc3C(N)=O)cccc21.Cn1cnc2c(Nc3cc(N[C@@H]4CCCC[C@@H]4NC(=O)OC(C)(C)C)nnc3C(N)=O)cccc21. The minimum absolute atomic E-state index is 0.0237. The van der Waals surface area contributed by atoms with Gasteiger partial charge in [0, 0.05) is 44.4 Å². The van der Waals surface area contributed by atoms with Gasteiger partial charge in [-0.25, -0.2) is 14.8 Å². The quantitative estimate of drug-likeness (QED) is 0.0816. The van der Waals surface area contributed by atoms with Crippen LogP contribution >= 0.6 is 0 Å². The summed E-state index contributed by atoms with van der Waals surface area (Å²) >= 11 is 0. The standard InChI is InChI=1S/C24H32N8O3.C19H24N8O/c1-24(2,3)35-23(34)29-15-9-6-5-8-14(15)28-19-12-17(21(22(25)33)31-30-19)27-16-10-7-11-18-20(16)26-13-32(18)4;1-27-10-22-17-13(7-4-8-15(17)27)23-14-9-16(25-26-18(14)19(21)28)24-12-6-3-2-5-11(12)20/h7,10-15H,5-6,8-9H2,1-4H3,(H2,25,33)(H,29,34)(H2,27,28,30);4,7-12H,2-3,5-6,20H2,1H3,(H2,21,28)(H2,23,24,25)/t14-,15+;11-,12+/m10/s1. The van der Waals surface area contributed by atoms with Crippen LogP contribution in [0.4, 0.5) is 39.2 Å². The van der Waals surface area contributed by atoms with Crippen LogP contribution < -0.4 is 43.8 Å². The summed E-state index contributed by atoms with van der Waals surface area (Å²) < 4.78 is 9.27. The first-order chi connectivity index (χ1) is 30.1. The summed E-state index contributed by atoms with van der Waals surface area (Å²) in [6, 6.07) is 15.0. The number of anilines is 6. The number of carbonyl (C=O) groups is 3. The van der Waals surface area contributed by atoms with Crippen LogP contribution in [0.1, 0.15) is 93.1 Å². The zero-order chi connectivity index (χ0) is 44.8. The fourth-order valence-electron chi connectivity index (χ4n) is 7.94. The highest BCUT2D eigenvalue weighted by Gasteiger charge is 2.29. The first kappa shape index (κ1) is 44.0. The fourth-order valence-corrected chi connectivity index (χ4v) is 7.94. The Morgan fingerprint density at radius 2 is 1.11 bits per heavy atom.